The number of ketones is 1. The van der Waals surface area contributed by atoms with Crippen LogP contribution in [0.3, 0.4) is 0 Å². The van der Waals surface area contributed by atoms with Gasteiger partial charge in [0.2, 0.25) is 11.8 Å². The molecule has 4 heteroatoms. The molecule has 0 aromatic carbocycles. The number of carbonyl (C=O) groups is 3. The van der Waals surface area contributed by atoms with Crippen LogP contribution in [0.25, 0.3) is 0 Å². The van der Waals surface area contributed by atoms with Crippen molar-refractivity contribution in [2.45, 2.75) is 19.8 Å². The van der Waals surface area contributed by atoms with Crippen molar-refractivity contribution in [2.24, 2.45) is 17.8 Å². The fraction of sp³-hybridized carbons (Fsp3) is 0.667. The van der Waals surface area contributed by atoms with E-state index >= 15 is 0 Å². The highest BCUT2D eigenvalue weighted by Gasteiger charge is 2.48. The van der Waals surface area contributed by atoms with Crippen LogP contribution in [0, 0.1) is 17.8 Å². The fourth-order valence-electron chi connectivity index (χ4n) is 2.26. The maximum atomic E-state index is 11.3. The number of amides is 2. The minimum absolute atomic E-state index is 0.103. The normalized spacial score (nSPS) is 38.8. The summed E-state index contributed by atoms with van der Waals surface area (Å²) in [5, 5.41) is 2.28. The Morgan fingerprint density at radius 2 is 1.92 bits per heavy atom. The Labute approximate surface area is 75.7 Å². The highest BCUT2D eigenvalue weighted by molar-refractivity contribution is 6.08. The highest BCUT2D eigenvalue weighted by Crippen LogP contribution is 2.36. The Morgan fingerprint density at radius 3 is 2.62 bits per heavy atom. The molecule has 0 aromatic heterocycles. The lowest BCUT2D eigenvalue weighted by atomic mass is 9.73. The van der Waals surface area contributed by atoms with Gasteiger partial charge in [0, 0.05) is 12.3 Å². The predicted molar refractivity (Wildman–Crippen MR) is 43.5 cm³/mol. The molecule has 1 saturated heterocycles. The zero-order chi connectivity index (χ0) is 9.59. The van der Waals surface area contributed by atoms with Crippen molar-refractivity contribution in [1.82, 2.24) is 5.32 Å². The van der Waals surface area contributed by atoms with Gasteiger partial charge in [0.05, 0.1) is 11.8 Å². The van der Waals surface area contributed by atoms with Gasteiger partial charge in [0.1, 0.15) is 5.78 Å². The topological polar surface area (TPSA) is 63.2 Å². The van der Waals surface area contributed by atoms with Gasteiger partial charge in [-0.25, -0.2) is 0 Å². The largest absolute Gasteiger partial charge is 0.299 e. The molecule has 2 rings (SSSR count). The van der Waals surface area contributed by atoms with E-state index in [0.29, 0.717) is 12.8 Å². The highest BCUT2D eigenvalue weighted by atomic mass is 16.2. The maximum absolute atomic E-state index is 11.3. The third-order valence-corrected chi connectivity index (χ3v) is 3.07. The summed E-state index contributed by atoms with van der Waals surface area (Å²) in [4.78, 5) is 33.8. The molecule has 4 nitrogen and oxygen atoms in total. The summed E-state index contributed by atoms with van der Waals surface area (Å²) in [5.41, 5.74) is 0. The fourth-order valence-corrected chi connectivity index (χ4v) is 2.26. The predicted octanol–water partition coefficient (Wildman–Crippen LogP) is -0.126. The zero-order valence-electron chi connectivity index (χ0n) is 7.37. The van der Waals surface area contributed by atoms with Gasteiger partial charge in [-0.1, -0.05) is 6.92 Å². The second kappa shape index (κ2) is 2.65. The van der Waals surface area contributed by atoms with Crippen LogP contribution in [0.15, 0.2) is 0 Å². The summed E-state index contributed by atoms with van der Waals surface area (Å²) >= 11 is 0. The second-order valence-electron chi connectivity index (χ2n) is 3.78. The second-order valence-corrected chi connectivity index (χ2v) is 3.78. The Hall–Kier alpha value is -1.19. The van der Waals surface area contributed by atoms with Crippen molar-refractivity contribution in [1.29, 1.82) is 0 Å². The van der Waals surface area contributed by atoms with Gasteiger partial charge in [-0.2, -0.15) is 0 Å². The molecule has 1 N–H and O–H groups in total. The van der Waals surface area contributed by atoms with Gasteiger partial charge in [0.25, 0.3) is 0 Å². The van der Waals surface area contributed by atoms with E-state index in [9.17, 15) is 14.4 Å². The average Bonchev–Trinajstić information content (AvgIpc) is 2.35. The van der Waals surface area contributed by atoms with Crippen molar-refractivity contribution in [2.75, 3.05) is 0 Å². The van der Waals surface area contributed by atoms with E-state index in [-0.39, 0.29) is 29.4 Å². The molecular formula is C9H11NO3. The smallest absolute Gasteiger partial charge is 0.231 e. The number of fused-ring (bicyclic) bond motifs is 1. The first kappa shape index (κ1) is 8.41. The summed E-state index contributed by atoms with van der Waals surface area (Å²) in [7, 11) is 0. The van der Waals surface area contributed by atoms with E-state index in [2.05, 4.69) is 5.32 Å². The Bertz CT molecular complexity index is 297. The molecule has 2 aliphatic rings. The number of nitrogens with one attached hydrogen (secondary N) is 1. The van der Waals surface area contributed by atoms with E-state index in [1.165, 1.54) is 0 Å². The van der Waals surface area contributed by atoms with Crippen LogP contribution in [-0.4, -0.2) is 17.6 Å². The molecule has 2 amide bonds. The van der Waals surface area contributed by atoms with Gasteiger partial charge < -0.3 is 0 Å². The van der Waals surface area contributed by atoms with Gasteiger partial charge in [-0.05, 0) is 6.42 Å². The van der Waals surface area contributed by atoms with Gasteiger partial charge in [-0.3, -0.25) is 19.7 Å². The van der Waals surface area contributed by atoms with Crippen LogP contribution >= 0.6 is 0 Å². The lowest BCUT2D eigenvalue weighted by Gasteiger charge is -2.25. The SMILES string of the molecule is C[C@H]1C(=O)CC[C@@H]2C(=O)NC(=O)[C@@H]21. The number of imide groups is 1. The first-order valence-corrected chi connectivity index (χ1v) is 4.48. The zero-order valence-corrected chi connectivity index (χ0v) is 7.37. The third-order valence-electron chi connectivity index (χ3n) is 3.07. The molecule has 2 fully saturated rings. The Morgan fingerprint density at radius 1 is 1.23 bits per heavy atom. The average molecular weight is 181 g/mol. The van der Waals surface area contributed by atoms with Crippen LogP contribution in [0.2, 0.25) is 0 Å². The number of rotatable bonds is 0. The lowest BCUT2D eigenvalue weighted by molar-refractivity contribution is -0.134. The quantitative estimate of drug-likeness (QED) is 0.530. The molecule has 0 radical (unpaired) electrons. The minimum atomic E-state index is -0.395. The van der Waals surface area contributed by atoms with Crippen molar-refractivity contribution in [3.05, 3.63) is 0 Å². The summed E-state index contributed by atoms with van der Waals surface area (Å²) < 4.78 is 0. The first-order valence-electron chi connectivity index (χ1n) is 4.48. The molecule has 1 aliphatic heterocycles. The summed E-state index contributed by atoms with van der Waals surface area (Å²) in [6.45, 7) is 1.73. The summed E-state index contributed by atoms with van der Waals surface area (Å²) in [5.74, 6) is -1.30. The third kappa shape index (κ3) is 1.08. The molecule has 0 unspecified atom stereocenters. The van der Waals surface area contributed by atoms with E-state index in [4.69, 9.17) is 0 Å². The molecule has 1 heterocycles. The molecule has 1 saturated carbocycles. The van der Waals surface area contributed by atoms with Crippen LogP contribution in [-0.2, 0) is 14.4 Å². The number of Topliss-reactive ketones (excluding diaryl/α,β-unsaturated/α-hetero) is 1. The molecule has 0 aromatic rings. The van der Waals surface area contributed by atoms with Crippen LogP contribution in [0.5, 0.6) is 0 Å². The minimum Gasteiger partial charge on any atom is -0.299 e. The standard InChI is InChI=1S/C9H11NO3/c1-4-6(11)3-2-5-7(4)9(13)10-8(5)12/h4-5,7H,2-3H2,1H3,(H,10,12,13)/t4-,5-,7+/m0/s1. The summed E-state index contributed by atoms with van der Waals surface area (Å²) in [6, 6.07) is 0. The number of carbonyl (C=O) groups excluding carboxylic acids is 3. The molecular weight excluding hydrogens is 170 g/mol. The molecule has 3 atom stereocenters. The van der Waals surface area contributed by atoms with Crippen molar-refractivity contribution < 1.29 is 14.4 Å². The van der Waals surface area contributed by atoms with Gasteiger partial charge >= 0.3 is 0 Å². The van der Waals surface area contributed by atoms with Gasteiger partial charge in [-0.15, -0.1) is 0 Å². The van der Waals surface area contributed by atoms with Crippen LogP contribution < -0.4 is 5.32 Å². The Balaban J connectivity index is 2.30. The van der Waals surface area contributed by atoms with E-state index in [1.807, 2.05) is 0 Å². The summed E-state index contributed by atoms with van der Waals surface area (Å²) in [6.07, 6.45) is 0.967. The molecule has 1 aliphatic carbocycles. The van der Waals surface area contributed by atoms with E-state index in [1.54, 1.807) is 6.92 Å². The maximum Gasteiger partial charge on any atom is 0.231 e. The van der Waals surface area contributed by atoms with Crippen LogP contribution in [0.4, 0.5) is 0 Å². The van der Waals surface area contributed by atoms with Gasteiger partial charge in [0.15, 0.2) is 0 Å². The van der Waals surface area contributed by atoms with Crippen molar-refractivity contribution in [3.8, 4) is 0 Å². The molecule has 13 heavy (non-hydrogen) atoms. The number of hydrogen-bond donors (Lipinski definition) is 1. The van der Waals surface area contributed by atoms with E-state index < -0.39 is 5.92 Å². The monoisotopic (exact) mass is 181 g/mol. The van der Waals surface area contributed by atoms with Crippen molar-refractivity contribution >= 4 is 17.6 Å². The number of hydrogen-bond acceptors (Lipinski definition) is 3. The Kier molecular flexibility index (Phi) is 1.71. The van der Waals surface area contributed by atoms with Crippen LogP contribution in [0.1, 0.15) is 19.8 Å². The first-order chi connectivity index (χ1) is 6.11. The molecule has 70 valence electrons. The molecule has 0 bridgehead atoms. The van der Waals surface area contributed by atoms with Crippen molar-refractivity contribution in [3.63, 3.8) is 0 Å². The molecule has 0 spiro atoms. The van der Waals surface area contributed by atoms with E-state index in [0.717, 1.165) is 0 Å². The lowest BCUT2D eigenvalue weighted by Crippen LogP contribution is -2.35.